The van der Waals surface area contributed by atoms with Crippen molar-refractivity contribution in [1.82, 2.24) is 4.90 Å². The van der Waals surface area contributed by atoms with Crippen molar-refractivity contribution in [3.05, 3.63) is 49.1 Å². The number of ether oxygens (including phenoxy) is 1. The highest BCUT2D eigenvalue weighted by atomic mass is 35.5. The van der Waals surface area contributed by atoms with Gasteiger partial charge in [0.15, 0.2) is 0 Å². The van der Waals surface area contributed by atoms with Gasteiger partial charge >= 0.3 is 0 Å². The lowest BCUT2D eigenvalue weighted by Gasteiger charge is -2.47. The fraction of sp³-hybridized carbons (Fsp3) is 0.500. The molecule has 0 bridgehead atoms. The number of likely N-dealkylation sites (tertiary alicyclic amines) is 1. The Morgan fingerprint density at radius 1 is 1.37 bits per heavy atom. The minimum atomic E-state index is -0.318. The van der Waals surface area contributed by atoms with Crippen LogP contribution in [0.15, 0.2) is 18.2 Å². The van der Waals surface area contributed by atoms with Gasteiger partial charge in [0, 0.05) is 35.1 Å². The van der Waals surface area contributed by atoms with Crippen LogP contribution in [0.4, 0.5) is 0 Å². The fourth-order valence-corrected chi connectivity index (χ4v) is 6.27. The van der Waals surface area contributed by atoms with Crippen LogP contribution in [0.1, 0.15) is 41.3 Å². The number of aromatic hydroxyl groups is 1. The normalized spacial score (nSPS) is 25.7. The number of benzene rings is 1. The molecule has 2 atom stereocenters. The number of phenolic OH excluding ortho intramolecular Hbond substituents is 1. The highest BCUT2D eigenvalue weighted by Gasteiger charge is 2.45. The Morgan fingerprint density at radius 2 is 2.19 bits per heavy atom. The summed E-state index contributed by atoms with van der Waals surface area (Å²) in [5.74, 6) is 0.167. The molecule has 1 saturated heterocycles. The Kier molecular flexibility index (Phi) is 5.45. The molecule has 3 heterocycles. The first-order valence-electron chi connectivity index (χ1n) is 9.21. The van der Waals surface area contributed by atoms with Crippen molar-refractivity contribution in [2.75, 3.05) is 13.2 Å². The highest BCUT2D eigenvalue weighted by molar-refractivity contribution is 7.16. The minimum Gasteiger partial charge on any atom is -0.506 e. The molecule has 27 heavy (non-hydrogen) atoms. The number of fused-ring (bicyclic) bond motifs is 2. The van der Waals surface area contributed by atoms with Gasteiger partial charge in [-0.3, -0.25) is 4.90 Å². The zero-order valence-electron chi connectivity index (χ0n) is 15.2. The molecule has 1 spiro atoms. The predicted octanol–water partition coefficient (Wildman–Crippen LogP) is 4.71. The van der Waals surface area contributed by atoms with E-state index in [1.54, 1.807) is 17.4 Å². The van der Waals surface area contributed by atoms with E-state index in [0.717, 1.165) is 36.9 Å². The van der Waals surface area contributed by atoms with E-state index in [0.29, 0.717) is 22.5 Å². The van der Waals surface area contributed by atoms with Gasteiger partial charge in [-0.05, 0) is 37.8 Å². The van der Waals surface area contributed by atoms with Gasteiger partial charge in [0.1, 0.15) is 11.4 Å². The maximum atomic E-state index is 10.2. The zero-order valence-corrected chi connectivity index (χ0v) is 17.5. The molecule has 0 unspecified atom stereocenters. The molecule has 146 valence electrons. The molecule has 4 nitrogen and oxygen atoms in total. The second kappa shape index (κ2) is 7.54. The largest absolute Gasteiger partial charge is 0.506 e. The zero-order chi connectivity index (χ0) is 19.2. The van der Waals surface area contributed by atoms with Crippen LogP contribution in [0.25, 0.3) is 0 Å². The molecule has 2 aliphatic rings. The topological polar surface area (TPSA) is 52.9 Å². The number of para-hydroxylation sites is 1. The molecule has 0 radical (unpaired) electrons. The van der Waals surface area contributed by atoms with Gasteiger partial charge in [-0.25, -0.2) is 0 Å². The van der Waals surface area contributed by atoms with E-state index in [1.165, 1.54) is 10.4 Å². The Bertz CT molecular complexity index is 856. The summed E-state index contributed by atoms with van der Waals surface area (Å²) >= 11 is 14.0. The van der Waals surface area contributed by atoms with Gasteiger partial charge in [0.05, 0.1) is 22.6 Å². The van der Waals surface area contributed by atoms with Crippen molar-refractivity contribution in [2.45, 2.75) is 51.0 Å². The SMILES string of the molecule is C[C@H]1C[C@@]2(CCN1Cc1cccc(Cl)c1O)OCCc1c2sc(Cl)c1CO. The quantitative estimate of drug-likeness (QED) is 0.744. The van der Waals surface area contributed by atoms with Crippen LogP contribution in [-0.4, -0.2) is 34.3 Å². The molecule has 4 rings (SSSR count). The van der Waals surface area contributed by atoms with Crippen LogP contribution in [0.5, 0.6) is 5.75 Å². The Balaban J connectivity index is 1.57. The summed E-state index contributed by atoms with van der Waals surface area (Å²) in [5, 5.41) is 20.3. The third-order valence-electron chi connectivity index (χ3n) is 5.86. The standard InChI is InChI=1S/C20H23Cl2NO3S/c1-12-9-20(18-14(5-8-26-20)15(11-24)19(22)27-18)6-7-23(12)10-13-3-2-4-16(21)17(13)25/h2-4,12,24-25H,5-11H2,1H3/t12-,20+/m0/s1. The maximum Gasteiger partial charge on any atom is 0.138 e. The number of nitrogens with zero attached hydrogens (tertiary/aromatic N) is 1. The van der Waals surface area contributed by atoms with Crippen LogP contribution in [0.3, 0.4) is 0 Å². The van der Waals surface area contributed by atoms with Crippen molar-refractivity contribution in [2.24, 2.45) is 0 Å². The second-order valence-corrected chi connectivity index (χ2v) is 9.46. The number of thiophene rings is 1. The van der Waals surface area contributed by atoms with Gasteiger partial charge in [-0.2, -0.15) is 0 Å². The molecule has 0 amide bonds. The lowest BCUT2D eigenvalue weighted by Crippen LogP contribution is -2.50. The molecular weight excluding hydrogens is 405 g/mol. The summed E-state index contributed by atoms with van der Waals surface area (Å²) in [4.78, 5) is 3.55. The molecule has 1 aromatic heterocycles. The van der Waals surface area contributed by atoms with E-state index in [-0.39, 0.29) is 24.0 Å². The molecule has 0 saturated carbocycles. The number of rotatable bonds is 3. The Hall–Kier alpha value is -0.820. The van der Waals surface area contributed by atoms with E-state index in [4.69, 9.17) is 27.9 Å². The fourth-order valence-electron chi connectivity index (χ4n) is 4.40. The molecule has 7 heteroatoms. The smallest absolute Gasteiger partial charge is 0.138 e. The van der Waals surface area contributed by atoms with Gasteiger partial charge in [0.2, 0.25) is 0 Å². The molecule has 0 aliphatic carbocycles. The van der Waals surface area contributed by atoms with Crippen molar-refractivity contribution < 1.29 is 14.9 Å². The number of halogens is 2. The van der Waals surface area contributed by atoms with E-state index in [2.05, 4.69) is 11.8 Å². The number of aliphatic hydroxyl groups is 1. The number of piperidine rings is 1. The summed E-state index contributed by atoms with van der Waals surface area (Å²) < 4.78 is 7.02. The average molecular weight is 428 g/mol. The summed E-state index contributed by atoms with van der Waals surface area (Å²) in [6.07, 6.45) is 2.54. The van der Waals surface area contributed by atoms with Gasteiger partial charge in [-0.15, -0.1) is 11.3 Å². The van der Waals surface area contributed by atoms with Gasteiger partial charge < -0.3 is 14.9 Å². The first-order chi connectivity index (χ1) is 12.9. The Morgan fingerprint density at radius 3 is 2.93 bits per heavy atom. The van der Waals surface area contributed by atoms with Crippen LogP contribution >= 0.6 is 34.5 Å². The lowest BCUT2D eigenvalue weighted by atomic mass is 9.81. The second-order valence-electron chi connectivity index (χ2n) is 7.43. The van der Waals surface area contributed by atoms with Gasteiger partial charge in [0.25, 0.3) is 0 Å². The molecule has 2 N–H and O–H groups in total. The van der Waals surface area contributed by atoms with E-state index in [9.17, 15) is 10.2 Å². The highest BCUT2D eigenvalue weighted by Crippen LogP contribution is 2.50. The van der Waals surface area contributed by atoms with E-state index >= 15 is 0 Å². The number of hydrogen-bond acceptors (Lipinski definition) is 5. The third kappa shape index (κ3) is 3.39. The summed E-state index contributed by atoms with van der Waals surface area (Å²) in [5.41, 5.74) is 2.59. The molecule has 1 aromatic carbocycles. The predicted molar refractivity (Wildman–Crippen MR) is 109 cm³/mol. The summed E-state index contributed by atoms with van der Waals surface area (Å²) in [6.45, 7) is 4.35. The van der Waals surface area contributed by atoms with Crippen molar-refractivity contribution in [3.63, 3.8) is 0 Å². The van der Waals surface area contributed by atoms with Crippen LogP contribution in [0, 0.1) is 0 Å². The first kappa shape index (κ1) is 19.5. The molecule has 2 aromatic rings. The minimum absolute atomic E-state index is 0.0174. The monoisotopic (exact) mass is 427 g/mol. The maximum absolute atomic E-state index is 10.2. The Labute approximate surface area is 173 Å². The van der Waals surface area contributed by atoms with Gasteiger partial charge in [-0.1, -0.05) is 35.3 Å². The molecular formula is C20H23Cl2NO3S. The number of phenols is 1. The molecule has 2 aliphatic heterocycles. The number of hydrogen-bond donors (Lipinski definition) is 2. The van der Waals surface area contributed by atoms with Crippen molar-refractivity contribution in [1.29, 1.82) is 0 Å². The van der Waals surface area contributed by atoms with E-state index < -0.39 is 0 Å². The van der Waals surface area contributed by atoms with E-state index in [1.807, 2.05) is 12.1 Å². The van der Waals surface area contributed by atoms with Crippen molar-refractivity contribution in [3.8, 4) is 5.75 Å². The first-order valence-corrected chi connectivity index (χ1v) is 10.8. The van der Waals surface area contributed by atoms with Crippen molar-refractivity contribution >= 4 is 34.5 Å². The molecule has 1 fully saturated rings. The van der Waals surface area contributed by atoms with Crippen LogP contribution in [-0.2, 0) is 29.9 Å². The lowest BCUT2D eigenvalue weighted by molar-refractivity contribution is -0.110. The van der Waals surface area contributed by atoms with Crippen LogP contribution < -0.4 is 0 Å². The van der Waals surface area contributed by atoms with Crippen LogP contribution in [0.2, 0.25) is 9.36 Å². The average Bonchev–Trinajstić information content (AvgIpc) is 2.98. The number of aliphatic hydroxyl groups excluding tert-OH is 1. The third-order valence-corrected chi connectivity index (χ3v) is 7.88. The summed E-state index contributed by atoms with van der Waals surface area (Å²) in [6, 6.07) is 5.77. The summed E-state index contributed by atoms with van der Waals surface area (Å²) in [7, 11) is 0.